The first-order valence-corrected chi connectivity index (χ1v) is 8.85. The van der Waals surface area contributed by atoms with E-state index in [1.807, 2.05) is 0 Å². The monoisotopic (exact) mass is 383 g/mol. The van der Waals surface area contributed by atoms with Gasteiger partial charge in [0.05, 0.1) is 16.8 Å². The van der Waals surface area contributed by atoms with Gasteiger partial charge in [-0.25, -0.2) is 9.97 Å². The zero-order valence-electron chi connectivity index (χ0n) is 12.9. The highest BCUT2D eigenvalue weighted by Crippen LogP contribution is 2.30. The zero-order chi connectivity index (χ0) is 18.0. The molecule has 0 unspecified atom stereocenters. The number of hydrogen-bond donors (Lipinski definition) is 1. The summed E-state index contributed by atoms with van der Waals surface area (Å²) in [5, 5.41) is 3.15. The Labute approximate surface area is 149 Å². The van der Waals surface area contributed by atoms with Crippen molar-refractivity contribution in [2.45, 2.75) is 19.5 Å². The quantitative estimate of drug-likeness (QED) is 0.706. The summed E-state index contributed by atoms with van der Waals surface area (Å²) >= 11 is 2.54. The Morgan fingerprint density at radius 1 is 1.20 bits per heavy atom. The molecule has 2 heterocycles. The number of aromatic nitrogens is 2. The topological polar surface area (TPSA) is 54.9 Å². The maximum Gasteiger partial charge on any atom is 0.416 e. The van der Waals surface area contributed by atoms with Crippen molar-refractivity contribution in [3.63, 3.8) is 0 Å². The standard InChI is InChI=1S/C16H12F3N3OS2/c1-9-13(24-8-21-9)14(23)22-15-20-7-12(25-15)6-10-2-4-11(5-3-10)16(17,18)19/h2-5,7-8H,6H2,1H3,(H,20,22,23). The molecule has 2 aromatic heterocycles. The van der Waals surface area contributed by atoms with Crippen LogP contribution in [-0.4, -0.2) is 15.9 Å². The molecule has 0 aliphatic carbocycles. The van der Waals surface area contributed by atoms with Crippen LogP contribution in [0.3, 0.4) is 0 Å². The lowest BCUT2D eigenvalue weighted by Gasteiger charge is -2.06. The van der Waals surface area contributed by atoms with Crippen molar-refractivity contribution in [1.29, 1.82) is 0 Å². The predicted molar refractivity (Wildman–Crippen MR) is 91.2 cm³/mol. The third-order valence-electron chi connectivity index (χ3n) is 3.39. The second-order valence-electron chi connectivity index (χ2n) is 5.22. The van der Waals surface area contributed by atoms with Gasteiger partial charge < -0.3 is 0 Å². The Bertz CT molecular complexity index is 885. The minimum absolute atomic E-state index is 0.268. The van der Waals surface area contributed by atoms with Gasteiger partial charge in [0.2, 0.25) is 0 Å². The van der Waals surface area contributed by atoms with Crippen molar-refractivity contribution in [2.24, 2.45) is 0 Å². The zero-order valence-corrected chi connectivity index (χ0v) is 14.6. The van der Waals surface area contributed by atoms with Crippen LogP contribution >= 0.6 is 22.7 Å². The molecule has 3 aromatic rings. The van der Waals surface area contributed by atoms with Crippen LogP contribution in [0, 0.1) is 6.92 Å². The minimum atomic E-state index is -4.34. The molecule has 4 nitrogen and oxygen atoms in total. The van der Waals surface area contributed by atoms with Crippen LogP contribution in [0.1, 0.15) is 31.4 Å². The molecule has 0 bridgehead atoms. The molecule has 0 spiro atoms. The Kier molecular flexibility index (Phi) is 4.87. The average molecular weight is 383 g/mol. The third kappa shape index (κ3) is 4.23. The van der Waals surface area contributed by atoms with Gasteiger partial charge in [-0.1, -0.05) is 12.1 Å². The highest BCUT2D eigenvalue weighted by atomic mass is 32.1. The van der Waals surface area contributed by atoms with Crippen LogP contribution in [0.25, 0.3) is 0 Å². The fraction of sp³-hybridized carbons (Fsp3) is 0.188. The first-order valence-electron chi connectivity index (χ1n) is 7.15. The van der Waals surface area contributed by atoms with Crippen molar-refractivity contribution in [3.8, 4) is 0 Å². The number of aryl methyl sites for hydroxylation is 1. The van der Waals surface area contributed by atoms with E-state index in [1.165, 1.54) is 34.8 Å². The van der Waals surface area contributed by atoms with Crippen LogP contribution in [-0.2, 0) is 12.6 Å². The summed E-state index contributed by atoms with van der Waals surface area (Å²) in [5.74, 6) is -0.268. The Hall–Kier alpha value is -2.26. The molecule has 0 aliphatic heterocycles. The smallest absolute Gasteiger partial charge is 0.297 e. The first-order chi connectivity index (χ1) is 11.8. The molecule has 0 fully saturated rings. The van der Waals surface area contributed by atoms with E-state index in [1.54, 1.807) is 18.6 Å². The van der Waals surface area contributed by atoms with Gasteiger partial charge >= 0.3 is 6.18 Å². The number of thiazole rings is 2. The Morgan fingerprint density at radius 3 is 2.52 bits per heavy atom. The lowest BCUT2D eigenvalue weighted by atomic mass is 10.1. The molecule has 25 heavy (non-hydrogen) atoms. The maximum atomic E-state index is 12.6. The highest BCUT2D eigenvalue weighted by molar-refractivity contribution is 7.16. The van der Waals surface area contributed by atoms with Gasteiger partial charge in [0.1, 0.15) is 4.88 Å². The third-order valence-corrected chi connectivity index (χ3v) is 5.23. The molecule has 1 amide bonds. The summed E-state index contributed by atoms with van der Waals surface area (Å²) in [6.45, 7) is 1.75. The average Bonchev–Trinajstić information content (AvgIpc) is 3.16. The number of carbonyl (C=O) groups excluding carboxylic acids is 1. The predicted octanol–water partition coefficient (Wildman–Crippen LogP) is 4.77. The second kappa shape index (κ2) is 6.93. The number of anilines is 1. The van der Waals surface area contributed by atoms with Crippen molar-refractivity contribution < 1.29 is 18.0 Å². The van der Waals surface area contributed by atoms with Crippen molar-refractivity contribution >= 4 is 33.7 Å². The van der Waals surface area contributed by atoms with Crippen molar-refractivity contribution in [3.05, 3.63) is 62.5 Å². The van der Waals surface area contributed by atoms with Crippen LogP contribution in [0.5, 0.6) is 0 Å². The highest BCUT2D eigenvalue weighted by Gasteiger charge is 2.29. The molecule has 130 valence electrons. The number of hydrogen-bond acceptors (Lipinski definition) is 5. The molecule has 1 N–H and O–H groups in total. The van der Waals surface area contributed by atoms with Crippen LogP contribution in [0.2, 0.25) is 0 Å². The molecular weight excluding hydrogens is 371 g/mol. The SMILES string of the molecule is Cc1ncsc1C(=O)Nc1ncc(Cc2ccc(C(F)(F)F)cc2)s1. The van der Waals surface area contributed by atoms with E-state index >= 15 is 0 Å². The number of nitrogens with zero attached hydrogens (tertiary/aromatic N) is 2. The van der Waals surface area contributed by atoms with Crippen LogP contribution in [0.15, 0.2) is 36.0 Å². The van der Waals surface area contributed by atoms with E-state index in [2.05, 4.69) is 15.3 Å². The van der Waals surface area contributed by atoms with Crippen molar-refractivity contribution in [2.75, 3.05) is 5.32 Å². The van der Waals surface area contributed by atoms with Gasteiger partial charge in [0.15, 0.2) is 5.13 Å². The van der Waals surface area contributed by atoms with E-state index in [-0.39, 0.29) is 5.91 Å². The molecule has 0 atom stereocenters. The van der Waals surface area contributed by atoms with Gasteiger partial charge in [-0.15, -0.1) is 22.7 Å². The molecule has 0 radical (unpaired) electrons. The summed E-state index contributed by atoms with van der Waals surface area (Å²) in [6.07, 6.45) is -2.28. The number of carbonyl (C=O) groups is 1. The first kappa shape index (κ1) is 17.6. The van der Waals surface area contributed by atoms with Gasteiger partial charge in [-0.05, 0) is 24.6 Å². The Balaban J connectivity index is 1.66. The molecule has 3 rings (SSSR count). The van der Waals surface area contributed by atoms with Crippen molar-refractivity contribution in [1.82, 2.24) is 9.97 Å². The van der Waals surface area contributed by atoms with Gasteiger partial charge in [0, 0.05) is 17.5 Å². The van der Waals surface area contributed by atoms with Gasteiger partial charge in [-0.2, -0.15) is 13.2 Å². The fourth-order valence-electron chi connectivity index (χ4n) is 2.13. The van der Waals surface area contributed by atoms with Gasteiger partial charge in [0.25, 0.3) is 5.91 Å². The molecular formula is C16H12F3N3OS2. The van der Waals surface area contributed by atoms with E-state index in [9.17, 15) is 18.0 Å². The van der Waals surface area contributed by atoms with E-state index in [4.69, 9.17) is 0 Å². The fourth-order valence-corrected chi connectivity index (χ4v) is 3.67. The van der Waals surface area contributed by atoms with E-state index in [0.717, 1.165) is 22.6 Å². The Morgan fingerprint density at radius 2 is 1.92 bits per heavy atom. The lowest BCUT2D eigenvalue weighted by molar-refractivity contribution is -0.137. The summed E-state index contributed by atoms with van der Waals surface area (Å²) in [4.78, 5) is 21.7. The number of rotatable bonds is 4. The summed E-state index contributed by atoms with van der Waals surface area (Å²) < 4.78 is 37.7. The second-order valence-corrected chi connectivity index (χ2v) is 7.19. The summed E-state index contributed by atoms with van der Waals surface area (Å²) in [5.41, 5.74) is 2.33. The number of alkyl halides is 3. The molecule has 1 aromatic carbocycles. The van der Waals surface area contributed by atoms with Gasteiger partial charge in [-0.3, -0.25) is 10.1 Å². The summed E-state index contributed by atoms with van der Waals surface area (Å²) in [7, 11) is 0. The largest absolute Gasteiger partial charge is 0.416 e. The number of halogens is 3. The molecule has 0 saturated carbocycles. The van der Waals surface area contributed by atoms with Crippen LogP contribution in [0.4, 0.5) is 18.3 Å². The lowest BCUT2D eigenvalue weighted by Crippen LogP contribution is -2.11. The maximum absolute atomic E-state index is 12.6. The minimum Gasteiger partial charge on any atom is -0.297 e. The summed E-state index contributed by atoms with van der Waals surface area (Å²) in [6, 6.07) is 5.01. The molecule has 9 heteroatoms. The number of nitrogens with one attached hydrogen (secondary N) is 1. The van der Waals surface area contributed by atoms with Crippen LogP contribution < -0.4 is 5.32 Å². The molecule has 0 aliphatic rings. The van der Waals surface area contributed by atoms with E-state index in [0.29, 0.717) is 22.1 Å². The number of amides is 1. The molecule has 0 saturated heterocycles. The van der Waals surface area contributed by atoms with E-state index < -0.39 is 11.7 Å². The normalized spacial score (nSPS) is 11.5. The number of benzene rings is 1.